The molecule has 1 unspecified atom stereocenters. The summed E-state index contributed by atoms with van der Waals surface area (Å²) in [4.78, 5) is 2.47. The Kier molecular flexibility index (Phi) is 3.17. The highest BCUT2D eigenvalue weighted by Gasteiger charge is 2.20. The molecule has 2 N–H and O–H groups in total. The van der Waals surface area contributed by atoms with Crippen LogP contribution in [0.4, 0.5) is 5.69 Å². The normalized spacial score (nSPS) is 22.1. The fourth-order valence-corrected chi connectivity index (χ4v) is 2.39. The highest BCUT2D eigenvalue weighted by molar-refractivity contribution is 6.31. The molecule has 0 amide bonds. The van der Waals surface area contributed by atoms with Crippen LogP contribution >= 0.6 is 11.6 Å². The molecule has 1 atom stereocenters. The van der Waals surface area contributed by atoms with Crippen LogP contribution in [0.3, 0.4) is 0 Å². The number of rotatable bonds is 2. The third-order valence-electron chi connectivity index (χ3n) is 3.14. The number of nitrogens with zero attached hydrogens (tertiary/aromatic N) is 1. The predicted octanol–water partition coefficient (Wildman–Crippen LogP) is 2.91. The summed E-state index contributed by atoms with van der Waals surface area (Å²) in [6.07, 6.45) is 2.60. The first kappa shape index (κ1) is 10.8. The molecule has 0 aromatic heterocycles. The molecule has 82 valence electrons. The highest BCUT2D eigenvalue weighted by Crippen LogP contribution is 2.24. The van der Waals surface area contributed by atoms with E-state index >= 15 is 0 Å². The van der Waals surface area contributed by atoms with Gasteiger partial charge in [-0.2, -0.15) is 0 Å². The van der Waals surface area contributed by atoms with Gasteiger partial charge in [0.25, 0.3) is 0 Å². The maximum Gasteiger partial charge on any atom is 0.0471 e. The molecule has 15 heavy (non-hydrogen) atoms. The molecule has 1 saturated heterocycles. The number of likely N-dealkylation sites (tertiary alicyclic amines) is 1. The minimum absolute atomic E-state index is 0.679. The summed E-state index contributed by atoms with van der Waals surface area (Å²) < 4.78 is 0. The van der Waals surface area contributed by atoms with Crippen molar-refractivity contribution < 1.29 is 0 Å². The van der Waals surface area contributed by atoms with Crippen molar-refractivity contribution in [3.63, 3.8) is 0 Å². The zero-order valence-corrected chi connectivity index (χ0v) is 9.80. The van der Waals surface area contributed by atoms with E-state index in [2.05, 4.69) is 11.8 Å². The first-order chi connectivity index (χ1) is 7.16. The molecule has 0 aliphatic carbocycles. The highest BCUT2D eigenvalue weighted by atomic mass is 35.5. The van der Waals surface area contributed by atoms with E-state index in [-0.39, 0.29) is 0 Å². The monoisotopic (exact) mass is 224 g/mol. The van der Waals surface area contributed by atoms with E-state index in [0.29, 0.717) is 6.04 Å². The van der Waals surface area contributed by atoms with E-state index in [9.17, 15) is 0 Å². The van der Waals surface area contributed by atoms with E-state index in [1.54, 1.807) is 0 Å². The van der Waals surface area contributed by atoms with Gasteiger partial charge in [-0.25, -0.2) is 0 Å². The molecule has 0 bridgehead atoms. The second-order valence-electron chi connectivity index (χ2n) is 4.31. The van der Waals surface area contributed by atoms with E-state index in [1.165, 1.54) is 24.9 Å². The van der Waals surface area contributed by atoms with Crippen LogP contribution in [-0.4, -0.2) is 17.5 Å². The summed E-state index contributed by atoms with van der Waals surface area (Å²) in [6.45, 7) is 4.40. The quantitative estimate of drug-likeness (QED) is 0.783. The maximum atomic E-state index is 6.15. The Morgan fingerprint density at radius 2 is 2.33 bits per heavy atom. The van der Waals surface area contributed by atoms with Gasteiger partial charge < -0.3 is 5.73 Å². The number of halogens is 1. The van der Waals surface area contributed by atoms with E-state index in [0.717, 1.165) is 17.3 Å². The molecule has 0 saturated carbocycles. The number of hydrogen-bond donors (Lipinski definition) is 1. The average molecular weight is 225 g/mol. The van der Waals surface area contributed by atoms with Gasteiger partial charge in [0.1, 0.15) is 0 Å². The first-order valence-electron chi connectivity index (χ1n) is 5.45. The lowest BCUT2D eigenvalue weighted by molar-refractivity contribution is 0.260. The molecule has 1 aromatic carbocycles. The molecular weight excluding hydrogens is 208 g/mol. The van der Waals surface area contributed by atoms with Crippen LogP contribution in [0, 0.1) is 0 Å². The molecule has 1 aliphatic heterocycles. The van der Waals surface area contributed by atoms with Gasteiger partial charge in [-0.05, 0) is 44.0 Å². The summed E-state index contributed by atoms with van der Waals surface area (Å²) in [6, 6.07) is 6.46. The third-order valence-corrected chi connectivity index (χ3v) is 3.49. The molecule has 1 aliphatic rings. The van der Waals surface area contributed by atoms with Crippen molar-refractivity contribution in [3.05, 3.63) is 28.8 Å². The number of nitrogens with two attached hydrogens (primary N) is 1. The number of hydrogen-bond acceptors (Lipinski definition) is 2. The van der Waals surface area contributed by atoms with Gasteiger partial charge in [-0.3, -0.25) is 4.90 Å². The molecule has 2 rings (SSSR count). The van der Waals surface area contributed by atoms with E-state index < -0.39 is 0 Å². The van der Waals surface area contributed by atoms with Crippen molar-refractivity contribution in [3.8, 4) is 0 Å². The zero-order valence-electron chi connectivity index (χ0n) is 9.04. The van der Waals surface area contributed by atoms with Crippen LogP contribution in [0.5, 0.6) is 0 Å². The summed E-state index contributed by atoms with van der Waals surface area (Å²) in [5.41, 5.74) is 7.58. The molecule has 1 aromatic rings. The van der Waals surface area contributed by atoms with Gasteiger partial charge in [-0.15, -0.1) is 0 Å². The van der Waals surface area contributed by atoms with Crippen molar-refractivity contribution in [1.82, 2.24) is 4.90 Å². The molecule has 0 spiro atoms. The predicted molar refractivity (Wildman–Crippen MR) is 65.0 cm³/mol. The van der Waals surface area contributed by atoms with Crippen molar-refractivity contribution in [2.45, 2.75) is 32.4 Å². The minimum Gasteiger partial charge on any atom is -0.399 e. The van der Waals surface area contributed by atoms with Gasteiger partial charge in [0, 0.05) is 23.3 Å². The number of benzene rings is 1. The Labute approximate surface area is 96.0 Å². The minimum atomic E-state index is 0.679. The average Bonchev–Trinajstić information content (AvgIpc) is 2.57. The van der Waals surface area contributed by atoms with Crippen molar-refractivity contribution in [2.24, 2.45) is 0 Å². The van der Waals surface area contributed by atoms with Gasteiger partial charge in [-0.1, -0.05) is 17.7 Å². The van der Waals surface area contributed by atoms with Crippen LogP contribution < -0.4 is 5.73 Å². The lowest BCUT2D eigenvalue weighted by Gasteiger charge is -2.21. The summed E-state index contributed by atoms with van der Waals surface area (Å²) in [7, 11) is 0. The zero-order chi connectivity index (χ0) is 10.8. The van der Waals surface area contributed by atoms with Gasteiger partial charge >= 0.3 is 0 Å². The Bertz CT molecular complexity index is 351. The van der Waals surface area contributed by atoms with Crippen LogP contribution in [0.1, 0.15) is 25.3 Å². The lowest BCUT2D eigenvalue weighted by atomic mass is 10.2. The van der Waals surface area contributed by atoms with E-state index in [1.807, 2.05) is 18.2 Å². The van der Waals surface area contributed by atoms with Crippen molar-refractivity contribution in [2.75, 3.05) is 12.3 Å². The number of anilines is 1. The van der Waals surface area contributed by atoms with Crippen LogP contribution in [0.2, 0.25) is 5.02 Å². The molecule has 1 fully saturated rings. The first-order valence-corrected chi connectivity index (χ1v) is 5.82. The Morgan fingerprint density at radius 1 is 1.53 bits per heavy atom. The second kappa shape index (κ2) is 4.42. The summed E-state index contributed by atoms with van der Waals surface area (Å²) >= 11 is 6.15. The fourth-order valence-electron chi connectivity index (χ4n) is 2.14. The Hall–Kier alpha value is -0.730. The van der Waals surface area contributed by atoms with E-state index in [4.69, 9.17) is 17.3 Å². The number of nitrogen functional groups attached to an aromatic ring is 1. The van der Waals surface area contributed by atoms with Crippen molar-refractivity contribution >= 4 is 17.3 Å². The Balaban J connectivity index is 2.10. The van der Waals surface area contributed by atoms with Gasteiger partial charge in [0.15, 0.2) is 0 Å². The second-order valence-corrected chi connectivity index (χ2v) is 4.72. The maximum absolute atomic E-state index is 6.15. The smallest absolute Gasteiger partial charge is 0.0471 e. The van der Waals surface area contributed by atoms with Crippen molar-refractivity contribution in [1.29, 1.82) is 0 Å². The topological polar surface area (TPSA) is 29.3 Å². The van der Waals surface area contributed by atoms with Gasteiger partial charge in [0.05, 0.1) is 0 Å². The molecule has 1 heterocycles. The molecule has 0 radical (unpaired) electrons. The summed E-state index contributed by atoms with van der Waals surface area (Å²) in [5.74, 6) is 0. The standard InChI is InChI=1S/C12H17ClN2/c1-9-3-2-6-15(9)8-10-4-5-11(14)7-12(10)13/h4-5,7,9H,2-3,6,8,14H2,1H3. The lowest BCUT2D eigenvalue weighted by Crippen LogP contribution is -2.26. The largest absolute Gasteiger partial charge is 0.399 e. The summed E-state index contributed by atoms with van der Waals surface area (Å²) in [5, 5.41) is 0.786. The SMILES string of the molecule is CC1CCCN1Cc1ccc(N)cc1Cl. The molecule has 2 nitrogen and oxygen atoms in total. The third kappa shape index (κ3) is 2.44. The Morgan fingerprint density at radius 3 is 2.93 bits per heavy atom. The molecule has 3 heteroatoms. The van der Waals surface area contributed by atoms with Gasteiger partial charge in [0.2, 0.25) is 0 Å². The molecular formula is C12H17ClN2. The van der Waals surface area contributed by atoms with Crippen LogP contribution in [0.15, 0.2) is 18.2 Å². The fraction of sp³-hybridized carbons (Fsp3) is 0.500. The van der Waals surface area contributed by atoms with Crippen LogP contribution in [0.25, 0.3) is 0 Å². The van der Waals surface area contributed by atoms with Crippen LogP contribution in [-0.2, 0) is 6.54 Å².